The second kappa shape index (κ2) is 4.56. The number of likely N-dealkylation sites (N-methyl/N-ethyl adjacent to an activating group) is 1. The zero-order chi connectivity index (χ0) is 12.4. The van der Waals surface area contributed by atoms with Gasteiger partial charge in [0.25, 0.3) is 0 Å². The summed E-state index contributed by atoms with van der Waals surface area (Å²) in [7, 11) is 2.18. The average Bonchev–Trinajstić information content (AvgIpc) is 2.84. The summed E-state index contributed by atoms with van der Waals surface area (Å²) in [6.07, 6.45) is 0. The fourth-order valence-electron chi connectivity index (χ4n) is 2.88. The van der Waals surface area contributed by atoms with E-state index in [1.165, 1.54) is 11.1 Å². The fraction of sp³-hybridized carbons (Fsp3) is 0.250. The maximum absolute atomic E-state index is 3.68. The van der Waals surface area contributed by atoms with E-state index in [2.05, 4.69) is 77.9 Å². The molecule has 92 valence electrons. The smallest absolute Gasteiger partial charge is 0.124 e. The largest absolute Gasteiger partial charge is 0.290 e. The van der Waals surface area contributed by atoms with Gasteiger partial charge in [0.1, 0.15) is 5.66 Å². The van der Waals surface area contributed by atoms with Crippen molar-refractivity contribution in [3.05, 3.63) is 71.8 Å². The first-order valence-corrected chi connectivity index (χ1v) is 6.41. The van der Waals surface area contributed by atoms with Crippen LogP contribution in [0.4, 0.5) is 0 Å². The maximum atomic E-state index is 3.68. The van der Waals surface area contributed by atoms with Crippen molar-refractivity contribution in [3.8, 4) is 0 Å². The maximum Gasteiger partial charge on any atom is 0.124 e. The summed E-state index contributed by atoms with van der Waals surface area (Å²) in [4.78, 5) is 2.39. The molecule has 0 unspecified atom stereocenters. The van der Waals surface area contributed by atoms with Crippen LogP contribution in [0.15, 0.2) is 60.7 Å². The number of hydrogen-bond donors (Lipinski definition) is 1. The number of rotatable bonds is 2. The molecule has 0 spiro atoms. The van der Waals surface area contributed by atoms with Gasteiger partial charge in [0.15, 0.2) is 0 Å². The Labute approximate surface area is 108 Å². The van der Waals surface area contributed by atoms with Gasteiger partial charge in [0, 0.05) is 13.1 Å². The molecule has 2 nitrogen and oxygen atoms in total. The first-order chi connectivity index (χ1) is 8.84. The topological polar surface area (TPSA) is 15.3 Å². The Hall–Kier alpha value is -1.64. The highest BCUT2D eigenvalue weighted by Crippen LogP contribution is 2.34. The molecule has 0 atom stereocenters. The normalized spacial score (nSPS) is 18.9. The van der Waals surface area contributed by atoms with Crippen molar-refractivity contribution in [1.82, 2.24) is 10.2 Å². The van der Waals surface area contributed by atoms with E-state index in [0.29, 0.717) is 0 Å². The third-order valence-electron chi connectivity index (χ3n) is 3.78. The average molecular weight is 238 g/mol. The molecule has 1 N–H and O–H groups in total. The highest BCUT2D eigenvalue weighted by molar-refractivity contribution is 5.38. The number of benzene rings is 2. The van der Waals surface area contributed by atoms with Crippen LogP contribution in [-0.4, -0.2) is 25.0 Å². The number of nitrogens with zero attached hydrogens (tertiary/aromatic N) is 1. The van der Waals surface area contributed by atoms with E-state index in [0.717, 1.165) is 13.1 Å². The van der Waals surface area contributed by atoms with Crippen LogP contribution in [0.3, 0.4) is 0 Å². The molecule has 1 heterocycles. The van der Waals surface area contributed by atoms with Crippen molar-refractivity contribution in [1.29, 1.82) is 0 Å². The fourth-order valence-corrected chi connectivity index (χ4v) is 2.88. The van der Waals surface area contributed by atoms with Crippen molar-refractivity contribution >= 4 is 0 Å². The first-order valence-electron chi connectivity index (χ1n) is 6.41. The summed E-state index contributed by atoms with van der Waals surface area (Å²) in [5.41, 5.74) is 2.43. The number of nitrogens with one attached hydrogen (secondary N) is 1. The molecule has 0 aromatic heterocycles. The minimum Gasteiger partial charge on any atom is -0.290 e. The lowest BCUT2D eigenvalue weighted by Gasteiger charge is -2.37. The van der Waals surface area contributed by atoms with Crippen molar-refractivity contribution in [2.24, 2.45) is 0 Å². The van der Waals surface area contributed by atoms with Crippen LogP contribution in [0.1, 0.15) is 11.1 Å². The molecule has 0 saturated carbocycles. The lowest BCUT2D eigenvalue weighted by Crippen LogP contribution is -2.47. The highest BCUT2D eigenvalue weighted by atomic mass is 15.4. The molecule has 1 saturated heterocycles. The van der Waals surface area contributed by atoms with Crippen molar-refractivity contribution in [2.75, 3.05) is 20.1 Å². The highest BCUT2D eigenvalue weighted by Gasteiger charge is 2.41. The summed E-state index contributed by atoms with van der Waals surface area (Å²) in [5.74, 6) is 0. The van der Waals surface area contributed by atoms with Crippen LogP contribution in [0, 0.1) is 0 Å². The Morgan fingerprint density at radius 3 is 1.78 bits per heavy atom. The second-order valence-corrected chi connectivity index (χ2v) is 4.79. The Morgan fingerprint density at radius 2 is 1.39 bits per heavy atom. The third-order valence-corrected chi connectivity index (χ3v) is 3.78. The summed E-state index contributed by atoms with van der Waals surface area (Å²) in [5, 5.41) is 3.68. The van der Waals surface area contributed by atoms with Gasteiger partial charge in [-0.05, 0) is 18.2 Å². The molecule has 18 heavy (non-hydrogen) atoms. The monoisotopic (exact) mass is 238 g/mol. The molecule has 0 amide bonds. The zero-order valence-electron chi connectivity index (χ0n) is 10.6. The Bertz CT molecular complexity index is 468. The van der Waals surface area contributed by atoms with E-state index >= 15 is 0 Å². The van der Waals surface area contributed by atoms with Crippen LogP contribution >= 0.6 is 0 Å². The van der Waals surface area contributed by atoms with E-state index in [1.54, 1.807) is 0 Å². The predicted molar refractivity (Wildman–Crippen MR) is 74.3 cm³/mol. The molecule has 2 aromatic carbocycles. The first kappa shape index (κ1) is 11.5. The van der Waals surface area contributed by atoms with Crippen LogP contribution in [-0.2, 0) is 5.66 Å². The number of hydrogen-bond acceptors (Lipinski definition) is 2. The lowest BCUT2D eigenvalue weighted by molar-refractivity contribution is 0.200. The van der Waals surface area contributed by atoms with E-state index in [1.807, 2.05) is 0 Å². The van der Waals surface area contributed by atoms with Crippen LogP contribution in [0.5, 0.6) is 0 Å². The van der Waals surface area contributed by atoms with Crippen LogP contribution in [0.25, 0.3) is 0 Å². The van der Waals surface area contributed by atoms with Gasteiger partial charge in [-0.2, -0.15) is 0 Å². The molecule has 2 heteroatoms. The Balaban J connectivity index is 2.17. The van der Waals surface area contributed by atoms with E-state index < -0.39 is 0 Å². The molecule has 1 aliphatic heterocycles. The summed E-state index contributed by atoms with van der Waals surface area (Å²) in [6.45, 7) is 2.07. The molecular formula is C16H18N2. The minimum atomic E-state index is -0.178. The van der Waals surface area contributed by atoms with E-state index in [-0.39, 0.29) is 5.66 Å². The summed E-state index contributed by atoms with van der Waals surface area (Å²) in [6, 6.07) is 21.3. The van der Waals surface area contributed by atoms with Crippen molar-refractivity contribution < 1.29 is 0 Å². The van der Waals surface area contributed by atoms with Gasteiger partial charge in [0.05, 0.1) is 0 Å². The van der Waals surface area contributed by atoms with Crippen molar-refractivity contribution in [3.63, 3.8) is 0 Å². The lowest BCUT2D eigenvalue weighted by atomic mass is 9.91. The van der Waals surface area contributed by atoms with Crippen LogP contribution in [0.2, 0.25) is 0 Å². The van der Waals surface area contributed by atoms with Gasteiger partial charge in [0.2, 0.25) is 0 Å². The molecular weight excluding hydrogens is 220 g/mol. The van der Waals surface area contributed by atoms with Crippen molar-refractivity contribution in [2.45, 2.75) is 5.66 Å². The second-order valence-electron chi connectivity index (χ2n) is 4.79. The van der Waals surface area contributed by atoms with Gasteiger partial charge in [-0.3, -0.25) is 10.2 Å². The quantitative estimate of drug-likeness (QED) is 0.864. The minimum absolute atomic E-state index is 0.178. The molecule has 3 rings (SSSR count). The van der Waals surface area contributed by atoms with Gasteiger partial charge >= 0.3 is 0 Å². The zero-order valence-corrected chi connectivity index (χ0v) is 10.6. The summed E-state index contributed by atoms with van der Waals surface area (Å²) >= 11 is 0. The molecule has 2 aromatic rings. The predicted octanol–water partition coefficient (Wildman–Crippen LogP) is 2.42. The SMILES string of the molecule is CN1CCNC1(c1ccccc1)c1ccccc1. The van der Waals surface area contributed by atoms with Gasteiger partial charge in [-0.15, -0.1) is 0 Å². The van der Waals surface area contributed by atoms with Gasteiger partial charge < -0.3 is 0 Å². The van der Waals surface area contributed by atoms with Gasteiger partial charge in [-0.25, -0.2) is 0 Å². The van der Waals surface area contributed by atoms with E-state index in [4.69, 9.17) is 0 Å². The van der Waals surface area contributed by atoms with Gasteiger partial charge in [-0.1, -0.05) is 60.7 Å². The molecule has 0 radical (unpaired) electrons. The Morgan fingerprint density at radius 1 is 0.889 bits per heavy atom. The molecule has 1 fully saturated rings. The molecule has 0 bridgehead atoms. The van der Waals surface area contributed by atoms with Crippen LogP contribution < -0.4 is 5.32 Å². The molecule has 0 aliphatic carbocycles. The summed E-state index contributed by atoms with van der Waals surface area (Å²) < 4.78 is 0. The standard InChI is InChI=1S/C16H18N2/c1-18-13-12-17-16(18,14-8-4-2-5-9-14)15-10-6-3-7-11-15/h2-11,17H,12-13H2,1H3. The molecule has 1 aliphatic rings. The third kappa shape index (κ3) is 1.65. The van der Waals surface area contributed by atoms with E-state index in [9.17, 15) is 0 Å². The Kier molecular flexibility index (Phi) is 2.90.